The fourth-order valence-electron chi connectivity index (χ4n) is 3.74. The third-order valence-electron chi connectivity index (χ3n) is 5.04. The van der Waals surface area contributed by atoms with E-state index in [1.54, 1.807) is 14.2 Å². The highest BCUT2D eigenvalue weighted by Gasteiger charge is 2.47. The van der Waals surface area contributed by atoms with E-state index in [0.29, 0.717) is 24.9 Å². The van der Waals surface area contributed by atoms with Gasteiger partial charge in [0.15, 0.2) is 5.82 Å². The lowest BCUT2D eigenvalue weighted by Gasteiger charge is -2.35. The van der Waals surface area contributed by atoms with Crippen molar-refractivity contribution < 1.29 is 18.8 Å². The fraction of sp³-hybridized carbons (Fsp3) is 0.812. The van der Waals surface area contributed by atoms with Crippen molar-refractivity contribution in [2.75, 3.05) is 40.5 Å². The number of likely N-dealkylation sites (tertiary alicyclic amines) is 1. The van der Waals surface area contributed by atoms with Crippen molar-refractivity contribution in [1.29, 1.82) is 0 Å². The molecule has 2 aliphatic heterocycles. The number of ether oxygens (including phenoxy) is 2. The van der Waals surface area contributed by atoms with Crippen LogP contribution in [0.5, 0.6) is 0 Å². The van der Waals surface area contributed by atoms with Crippen LogP contribution in [-0.2, 0) is 20.8 Å². The monoisotopic (exact) mass is 338 g/mol. The molecule has 0 saturated carbocycles. The van der Waals surface area contributed by atoms with Gasteiger partial charge in [0.2, 0.25) is 11.8 Å². The zero-order valence-electron chi connectivity index (χ0n) is 14.4. The minimum absolute atomic E-state index is 0.0185. The second-order valence-electron chi connectivity index (χ2n) is 6.50. The van der Waals surface area contributed by atoms with Crippen molar-refractivity contribution in [3.63, 3.8) is 0 Å². The normalized spacial score (nSPS) is 25.9. The van der Waals surface area contributed by atoms with Gasteiger partial charge in [-0.15, -0.1) is 0 Å². The van der Waals surface area contributed by atoms with Crippen molar-refractivity contribution in [1.82, 2.24) is 20.4 Å². The minimum atomic E-state index is -0.650. The molecule has 2 saturated heterocycles. The van der Waals surface area contributed by atoms with Crippen molar-refractivity contribution in [2.45, 2.75) is 43.7 Å². The number of nitrogens with zero attached hydrogens (tertiary/aromatic N) is 3. The highest BCUT2D eigenvalue weighted by molar-refractivity contribution is 5.86. The molecule has 8 nitrogen and oxygen atoms in total. The lowest BCUT2D eigenvalue weighted by Crippen LogP contribution is -2.57. The molecule has 2 fully saturated rings. The fourth-order valence-corrected chi connectivity index (χ4v) is 3.74. The van der Waals surface area contributed by atoms with Gasteiger partial charge < -0.3 is 19.3 Å². The Hall–Kier alpha value is -1.51. The summed E-state index contributed by atoms with van der Waals surface area (Å²) in [6.07, 6.45) is 3.54. The number of methoxy groups -OCH3 is 1. The number of aromatic nitrogens is 2. The quantitative estimate of drug-likeness (QED) is 0.816. The van der Waals surface area contributed by atoms with Crippen LogP contribution < -0.4 is 5.32 Å². The third-order valence-corrected chi connectivity index (χ3v) is 5.04. The van der Waals surface area contributed by atoms with E-state index >= 15 is 0 Å². The Labute approximate surface area is 141 Å². The van der Waals surface area contributed by atoms with Crippen LogP contribution in [0.25, 0.3) is 0 Å². The number of carbonyl (C=O) groups is 1. The second kappa shape index (κ2) is 7.58. The molecule has 1 aromatic rings. The number of likely N-dealkylation sites (N-methyl/N-ethyl adjacent to an activating group) is 1. The Kier molecular flexibility index (Phi) is 5.47. The summed E-state index contributed by atoms with van der Waals surface area (Å²) in [4.78, 5) is 19.1. The molecule has 1 atom stereocenters. The zero-order valence-corrected chi connectivity index (χ0v) is 14.4. The van der Waals surface area contributed by atoms with Gasteiger partial charge in [-0.25, -0.2) is 0 Å². The van der Waals surface area contributed by atoms with E-state index in [2.05, 4.69) is 20.4 Å². The van der Waals surface area contributed by atoms with Crippen LogP contribution in [0.4, 0.5) is 0 Å². The van der Waals surface area contributed by atoms with E-state index in [9.17, 15) is 4.79 Å². The summed E-state index contributed by atoms with van der Waals surface area (Å²) < 4.78 is 16.2. The van der Waals surface area contributed by atoms with Crippen LogP contribution in [0, 0.1) is 0 Å². The van der Waals surface area contributed by atoms with Crippen molar-refractivity contribution in [3.8, 4) is 0 Å². The van der Waals surface area contributed by atoms with Gasteiger partial charge in [0, 0.05) is 33.3 Å². The van der Waals surface area contributed by atoms with Crippen LogP contribution in [0.3, 0.4) is 0 Å². The average Bonchev–Trinajstić information content (AvgIpc) is 3.24. The molecule has 134 valence electrons. The van der Waals surface area contributed by atoms with Gasteiger partial charge in [-0.05, 0) is 32.2 Å². The Morgan fingerprint density at radius 1 is 1.46 bits per heavy atom. The first-order chi connectivity index (χ1) is 11.7. The lowest BCUT2D eigenvalue weighted by molar-refractivity contribution is -0.135. The maximum Gasteiger partial charge on any atom is 0.242 e. The van der Waals surface area contributed by atoms with Crippen LogP contribution in [0.15, 0.2) is 4.52 Å². The number of amides is 1. The Bertz CT molecular complexity index is 558. The Balaban J connectivity index is 1.72. The predicted octanol–water partition coefficient (Wildman–Crippen LogP) is 0.691. The van der Waals surface area contributed by atoms with Gasteiger partial charge in [0.1, 0.15) is 5.54 Å². The topological polar surface area (TPSA) is 89.7 Å². The smallest absolute Gasteiger partial charge is 0.242 e. The predicted molar refractivity (Wildman–Crippen MR) is 85.4 cm³/mol. The van der Waals surface area contributed by atoms with Crippen LogP contribution in [0.2, 0.25) is 0 Å². The first-order valence-electron chi connectivity index (χ1n) is 8.56. The highest BCUT2D eigenvalue weighted by atomic mass is 16.5. The molecule has 0 bridgehead atoms. The highest BCUT2D eigenvalue weighted by Crippen LogP contribution is 2.32. The van der Waals surface area contributed by atoms with Crippen molar-refractivity contribution in [3.05, 3.63) is 11.7 Å². The standard InChI is InChI=1S/C16H26N4O4/c1-17-15(21)16(11-22-2)6-3-7-20(16)10-13-18-14(24-19-13)12-4-8-23-9-5-12/h12H,3-11H2,1-2H3,(H,17,21). The summed E-state index contributed by atoms with van der Waals surface area (Å²) in [5.41, 5.74) is -0.650. The van der Waals surface area contributed by atoms with Gasteiger partial charge in [0.05, 0.1) is 13.2 Å². The van der Waals surface area contributed by atoms with E-state index in [4.69, 9.17) is 14.0 Å². The number of hydrogen-bond donors (Lipinski definition) is 1. The molecule has 1 unspecified atom stereocenters. The molecule has 8 heteroatoms. The Morgan fingerprint density at radius 2 is 2.25 bits per heavy atom. The average molecular weight is 338 g/mol. The molecule has 0 radical (unpaired) electrons. The van der Waals surface area contributed by atoms with Gasteiger partial charge in [0.25, 0.3) is 0 Å². The summed E-state index contributed by atoms with van der Waals surface area (Å²) in [5, 5.41) is 6.89. The maximum absolute atomic E-state index is 12.5. The number of hydrogen-bond acceptors (Lipinski definition) is 7. The molecule has 0 aliphatic carbocycles. The van der Waals surface area contributed by atoms with Gasteiger partial charge in [-0.3, -0.25) is 9.69 Å². The SMILES string of the molecule is CNC(=O)C1(COC)CCCN1Cc1noc(C2CCOCC2)n1. The Morgan fingerprint density at radius 3 is 2.96 bits per heavy atom. The van der Waals surface area contributed by atoms with Crippen molar-refractivity contribution >= 4 is 5.91 Å². The van der Waals surface area contributed by atoms with Crippen LogP contribution in [0.1, 0.15) is 43.3 Å². The molecule has 24 heavy (non-hydrogen) atoms. The van der Waals surface area contributed by atoms with Gasteiger partial charge in [-0.2, -0.15) is 4.98 Å². The largest absolute Gasteiger partial charge is 0.382 e. The molecule has 0 spiro atoms. The summed E-state index contributed by atoms with van der Waals surface area (Å²) in [5.74, 6) is 1.57. The number of carbonyl (C=O) groups excluding carboxylic acids is 1. The van der Waals surface area contributed by atoms with E-state index in [0.717, 1.165) is 45.4 Å². The zero-order chi connectivity index (χ0) is 17.0. The van der Waals surface area contributed by atoms with Crippen molar-refractivity contribution in [2.24, 2.45) is 0 Å². The summed E-state index contributed by atoms with van der Waals surface area (Å²) in [6, 6.07) is 0. The summed E-state index contributed by atoms with van der Waals surface area (Å²) in [6.45, 7) is 3.14. The molecule has 2 aliphatic rings. The van der Waals surface area contributed by atoms with E-state index in [1.807, 2.05) is 0 Å². The third kappa shape index (κ3) is 3.31. The molecular weight excluding hydrogens is 312 g/mol. The summed E-state index contributed by atoms with van der Waals surface area (Å²) in [7, 11) is 3.28. The van der Waals surface area contributed by atoms with Crippen LogP contribution >= 0.6 is 0 Å². The molecule has 1 aromatic heterocycles. The number of rotatable bonds is 6. The first-order valence-corrected chi connectivity index (χ1v) is 8.56. The van der Waals surface area contributed by atoms with Gasteiger partial charge >= 0.3 is 0 Å². The van der Waals surface area contributed by atoms with Gasteiger partial charge in [-0.1, -0.05) is 5.16 Å². The molecule has 3 heterocycles. The van der Waals surface area contributed by atoms with E-state index < -0.39 is 5.54 Å². The molecule has 0 aromatic carbocycles. The first kappa shape index (κ1) is 17.3. The van der Waals surface area contributed by atoms with E-state index in [-0.39, 0.29) is 11.8 Å². The molecule has 1 amide bonds. The second-order valence-corrected chi connectivity index (χ2v) is 6.50. The minimum Gasteiger partial charge on any atom is -0.382 e. The molecule has 1 N–H and O–H groups in total. The van der Waals surface area contributed by atoms with E-state index in [1.165, 1.54) is 0 Å². The molecule has 3 rings (SSSR count). The van der Waals surface area contributed by atoms with Crippen LogP contribution in [-0.4, -0.2) is 67.0 Å². The lowest BCUT2D eigenvalue weighted by atomic mass is 9.96. The summed E-state index contributed by atoms with van der Waals surface area (Å²) >= 11 is 0. The molecular formula is C16H26N4O4. The maximum atomic E-state index is 12.5. The number of nitrogens with one attached hydrogen (secondary N) is 1.